The smallest absolute Gasteiger partial charge is 0.334 e. The van der Waals surface area contributed by atoms with E-state index >= 15 is 0 Å². The molecule has 0 saturated heterocycles. The van der Waals surface area contributed by atoms with Crippen LogP contribution in [0.5, 0.6) is 0 Å². The molecule has 0 heterocycles. The maximum Gasteiger partial charge on any atom is 0.338 e. The van der Waals surface area contributed by atoms with Gasteiger partial charge in [0.2, 0.25) is 0 Å². The van der Waals surface area contributed by atoms with Gasteiger partial charge in [0, 0.05) is 6.04 Å². The number of carbonyl (C=O) groups excluding carboxylic acids is 1. The van der Waals surface area contributed by atoms with Crippen LogP contribution in [0.3, 0.4) is 0 Å². The number of hydroxylamine groups is 1. The summed E-state index contributed by atoms with van der Waals surface area (Å²) in [5.41, 5.74) is 3.15. The fourth-order valence-corrected chi connectivity index (χ4v) is 2.23. The molecule has 1 saturated carbocycles. The maximum atomic E-state index is 12.7. The first-order valence-electron chi connectivity index (χ1n) is 6.67. The average molecular weight is 266 g/mol. The van der Waals surface area contributed by atoms with E-state index in [0.29, 0.717) is 0 Å². The molecule has 1 aliphatic carbocycles. The van der Waals surface area contributed by atoms with E-state index in [0.717, 1.165) is 18.4 Å². The Bertz CT molecular complexity index is 402. The second-order valence-electron chi connectivity index (χ2n) is 4.83. The summed E-state index contributed by atoms with van der Waals surface area (Å²) in [6.07, 6.45) is 5.65. The summed E-state index contributed by atoms with van der Waals surface area (Å²) in [7, 11) is 0. The van der Waals surface area contributed by atoms with Crippen molar-refractivity contribution in [2.24, 2.45) is 0 Å². The van der Waals surface area contributed by atoms with Crippen molar-refractivity contribution < 1.29 is 14.0 Å². The number of halogens is 1. The molecule has 0 atom stereocenters. The summed E-state index contributed by atoms with van der Waals surface area (Å²) < 4.78 is 12.7. The Morgan fingerprint density at radius 1 is 1.21 bits per heavy atom. The van der Waals surface area contributed by atoms with Gasteiger partial charge in [0.25, 0.3) is 0 Å². The van der Waals surface area contributed by atoms with Gasteiger partial charge >= 0.3 is 6.03 Å². The van der Waals surface area contributed by atoms with Crippen LogP contribution in [0.15, 0.2) is 24.3 Å². The monoisotopic (exact) mass is 266 g/mol. The van der Waals surface area contributed by atoms with Crippen molar-refractivity contribution in [2.75, 3.05) is 0 Å². The molecule has 2 N–H and O–H groups in total. The Kier molecular flexibility index (Phi) is 5.15. The lowest BCUT2D eigenvalue weighted by molar-refractivity contribution is 0.0476. The van der Waals surface area contributed by atoms with Crippen molar-refractivity contribution in [2.45, 2.75) is 44.8 Å². The van der Waals surface area contributed by atoms with Crippen LogP contribution in [0.4, 0.5) is 9.18 Å². The molecule has 0 aromatic heterocycles. The number of urea groups is 1. The first-order chi connectivity index (χ1) is 9.24. The molecule has 2 amide bonds. The normalized spacial score (nSPS) is 16.1. The van der Waals surface area contributed by atoms with E-state index < -0.39 is 0 Å². The minimum absolute atomic E-state index is 0.221. The molecule has 5 heteroatoms. The average Bonchev–Trinajstić information content (AvgIpc) is 2.42. The Balaban J connectivity index is 1.64. The predicted octanol–water partition coefficient (Wildman–Crippen LogP) is 2.89. The van der Waals surface area contributed by atoms with Gasteiger partial charge in [-0.3, -0.25) is 4.84 Å². The molecule has 1 aliphatic rings. The Morgan fingerprint density at radius 3 is 2.58 bits per heavy atom. The summed E-state index contributed by atoms with van der Waals surface area (Å²) in [4.78, 5) is 16.6. The maximum absolute atomic E-state index is 12.7. The van der Waals surface area contributed by atoms with Crippen LogP contribution >= 0.6 is 0 Å². The minimum Gasteiger partial charge on any atom is -0.334 e. The van der Waals surface area contributed by atoms with Gasteiger partial charge < -0.3 is 5.32 Å². The van der Waals surface area contributed by atoms with Gasteiger partial charge in [-0.15, -0.1) is 0 Å². The van der Waals surface area contributed by atoms with Crippen molar-refractivity contribution in [3.63, 3.8) is 0 Å². The molecule has 104 valence electrons. The Hall–Kier alpha value is -1.62. The largest absolute Gasteiger partial charge is 0.338 e. The third-order valence-corrected chi connectivity index (χ3v) is 3.26. The highest BCUT2D eigenvalue weighted by atomic mass is 19.1. The van der Waals surface area contributed by atoms with Gasteiger partial charge in [0.15, 0.2) is 0 Å². The molecule has 0 radical (unpaired) electrons. The van der Waals surface area contributed by atoms with Crippen LogP contribution in [-0.2, 0) is 11.4 Å². The summed E-state index contributed by atoms with van der Waals surface area (Å²) in [6.45, 7) is 0.221. The van der Waals surface area contributed by atoms with Crippen molar-refractivity contribution in [3.8, 4) is 0 Å². The number of hydrogen-bond donors (Lipinski definition) is 2. The van der Waals surface area contributed by atoms with Crippen LogP contribution < -0.4 is 10.8 Å². The van der Waals surface area contributed by atoms with Crippen LogP contribution in [0.2, 0.25) is 0 Å². The van der Waals surface area contributed by atoms with E-state index in [9.17, 15) is 9.18 Å². The van der Waals surface area contributed by atoms with E-state index in [4.69, 9.17) is 4.84 Å². The topological polar surface area (TPSA) is 50.4 Å². The molecule has 0 bridgehead atoms. The van der Waals surface area contributed by atoms with Crippen LogP contribution in [0.1, 0.15) is 37.7 Å². The molecule has 0 aliphatic heterocycles. The number of nitrogens with one attached hydrogen (secondary N) is 2. The molecule has 4 nitrogen and oxygen atoms in total. The molecule has 0 unspecified atom stereocenters. The third kappa shape index (κ3) is 4.87. The highest BCUT2D eigenvalue weighted by Crippen LogP contribution is 2.17. The summed E-state index contributed by atoms with van der Waals surface area (Å²) in [6, 6.07) is 5.91. The third-order valence-electron chi connectivity index (χ3n) is 3.26. The number of carbonyl (C=O) groups is 1. The van der Waals surface area contributed by atoms with Gasteiger partial charge in [0.1, 0.15) is 5.82 Å². The van der Waals surface area contributed by atoms with E-state index in [1.54, 1.807) is 12.1 Å². The number of hydrogen-bond acceptors (Lipinski definition) is 2. The Morgan fingerprint density at radius 2 is 1.89 bits per heavy atom. The zero-order valence-electron chi connectivity index (χ0n) is 10.8. The molecule has 1 aromatic carbocycles. The summed E-state index contributed by atoms with van der Waals surface area (Å²) in [5.74, 6) is -0.285. The molecule has 2 rings (SSSR count). The molecule has 1 fully saturated rings. The van der Waals surface area contributed by atoms with Crippen LogP contribution in [0, 0.1) is 5.82 Å². The van der Waals surface area contributed by atoms with Gasteiger partial charge in [-0.2, -0.15) is 0 Å². The molecule has 1 aromatic rings. The molecular formula is C14H19FN2O2. The second-order valence-corrected chi connectivity index (χ2v) is 4.83. The van der Waals surface area contributed by atoms with E-state index in [1.165, 1.54) is 31.4 Å². The van der Waals surface area contributed by atoms with E-state index in [1.807, 2.05) is 0 Å². The van der Waals surface area contributed by atoms with Crippen LogP contribution in [-0.4, -0.2) is 12.1 Å². The van der Waals surface area contributed by atoms with Gasteiger partial charge in [-0.05, 0) is 30.5 Å². The zero-order valence-corrected chi connectivity index (χ0v) is 10.8. The van der Waals surface area contributed by atoms with Crippen LogP contribution in [0.25, 0.3) is 0 Å². The fourth-order valence-electron chi connectivity index (χ4n) is 2.23. The van der Waals surface area contributed by atoms with Crippen molar-refractivity contribution in [1.29, 1.82) is 0 Å². The van der Waals surface area contributed by atoms with E-state index in [-0.39, 0.29) is 24.5 Å². The first-order valence-corrected chi connectivity index (χ1v) is 6.67. The highest BCUT2D eigenvalue weighted by molar-refractivity contribution is 5.73. The summed E-state index contributed by atoms with van der Waals surface area (Å²) in [5, 5.41) is 2.88. The number of benzene rings is 1. The standard InChI is InChI=1S/C14H19FN2O2/c15-12-8-6-11(7-9-12)10-19-17-14(18)16-13-4-2-1-3-5-13/h6-9,13H,1-5,10H2,(H2,16,17,18). The van der Waals surface area contributed by atoms with Crippen molar-refractivity contribution in [1.82, 2.24) is 10.8 Å². The quantitative estimate of drug-likeness (QED) is 0.823. The lowest BCUT2D eigenvalue weighted by Gasteiger charge is -2.22. The predicted molar refractivity (Wildman–Crippen MR) is 69.7 cm³/mol. The fraction of sp³-hybridized carbons (Fsp3) is 0.500. The van der Waals surface area contributed by atoms with E-state index in [2.05, 4.69) is 10.8 Å². The first kappa shape index (κ1) is 13.8. The lowest BCUT2D eigenvalue weighted by atomic mass is 9.96. The summed E-state index contributed by atoms with van der Waals surface area (Å²) >= 11 is 0. The lowest BCUT2D eigenvalue weighted by Crippen LogP contribution is -2.42. The van der Waals surface area contributed by atoms with Gasteiger partial charge in [-0.1, -0.05) is 31.4 Å². The highest BCUT2D eigenvalue weighted by Gasteiger charge is 2.15. The zero-order chi connectivity index (χ0) is 13.5. The van der Waals surface area contributed by atoms with Crippen molar-refractivity contribution in [3.05, 3.63) is 35.6 Å². The van der Waals surface area contributed by atoms with Crippen molar-refractivity contribution >= 4 is 6.03 Å². The SMILES string of the molecule is O=C(NOCc1ccc(F)cc1)NC1CCCCC1. The molecular weight excluding hydrogens is 247 g/mol. The van der Waals surface area contributed by atoms with Gasteiger partial charge in [-0.25, -0.2) is 14.7 Å². The second kappa shape index (κ2) is 7.09. The number of amides is 2. The minimum atomic E-state index is -0.311. The Labute approximate surface area is 112 Å². The molecule has 19 heavy (non-hydrogen) atoms. The number of rotatable bonds is 4. The molecule has 0 spiro atoms. The van der Waals surface area contributed by atoms with Gasteiger partial charge in [0.05, 0.1) is 6.61 Å².